The summed E-state index contributed by atoms with van der Waals surface area (Å²) in [6.07, 6.45) is 6.32. The lowest BCUT2D eigenvalue weighted by Gasteiger charge is -2.49. The predicted molar refractivity (Wildman–Crippen MR) is 83.7 cm³/mol. The molecule has 0 radical (unpaired) electrons. The second-order valence-electron chi connectivity index (χ2n) is 6.42. The third-order valence-electron chi connectivity index (χ3n) is 4.96. The van der Waals surface area contributed by atoms with E-state index in [0.717, 1.165) is 26.2 Å². The maximum absolute atomic E-state index is 4.32. The number of hydrogen-bond acceptors (Lipinski definition) is 3. The van der Waals surface area contributed by atoms with Crippen molar-refractivity contribution in [3.8, 4) is 0 Å². The SMILES string of the molecule is CCC1(CC)CN(CCn2cccn2)C(C(C)C)CN1. The first-order valence-electron chi connectivity index (χ1n) is 8.06. The summed E-state index contributed by atoms with van der Waals surface area (Å²) in [6.45, 7) is 13.6. The summed E-state index contributed by atoms with van der Waals surface area (Å²) in [7, 11) is 0. The van der Waals surface area contributed by atoms with Gasteiger partial charge in [0.2, 0.25) is 0 Å². The van der Waals surface area contributed by atoms with E-state index in [-0.39, 0.29) is 0 Å². The van der Waals surface area contributed by atoms with Crippen molar-refractivity contribution in [3.05, 3.63) is 18.5 Å². The maximum atomic E-state index is 4.32. The number of aromatic nitrogens is 2. The second-order valence-corrected chi connectivity index (χ2v) is 6.42. The van der Waals surface area contributed by atoms with Crippen LogP contribution in [0.15, 0.2) is 18.5 Å². The van der Waals surface area contributed by atoms with E-state index in [0.29, 0.717) is 17.5 Å². The zero-order valence-corrected chi connectivity index (χ0v) is 13.5. The molecule has 1 aromatic heterocycles. The molecular formula is C16H30N4. The molecule has 2 rings (SSSR count). The summed E-state index contributed by atoms with van der Waals surface area (Å²) >= 11 is 0. The van der Waals surface area contributed by atoms with Crippen molar-refractivity contribution in [2.24, 2.45) is 5.92 Å². The fourth-order valence-electron chi connectivity index (χ4n) is 3.30. The first-order valence-corrected chi connectivity index (χ1v) is 8.06. The Kier molecular flexibility index (Phi) is 5.22. The van der Waals surface area contributed by atoms with E-state index in [2.05, 4.69) is 49.2 Å². The van der Waals surface area contributed by atoms with Crippen LogP contribution in [-0.4, -0.2) is 45.9 Å². The van der Waals surface area contributed by atoms with Crippen molar-refractivity contribution < 1.29 is 0 Å². The van der Waals surface area contributed by atoms with Crippen LogP contribution in [0.1, 0.15) is 40.5 Å². The molecule has 1 aliphatic rings. The van der Waals surface area contributed by atoms with Crippen LogP contribution in [0.25, 0.3) is 0 Å². The van der Waals surface area contributed by atoms with Crippen LogP contribution in [0.3, 0.4) is 0 Å². The third-order valence-corrected chi connectivity index (χ3v) is 4.96. The highest BCUT2D eigenvalue weighted by Gasteiger charge is 2.37. The minimum absolute atomic E-state index is 0.301. The lowest BCUT2D eigenvalue weighted by molar-refractivity contribution is 0.0471. The van der Waals surface area contributed by atoms with Gasteiger partial charge in [-0.1, -0.05) is 27.7 Å². The van der Waals surface area contributed by atoms with Gasteiger partial charge in [-0.15, -0.1) is 0 Å². The zero-order chi connectivity index (χ0) is 14.6. The molecule has 0 aliphatic carbocycles. The lowest BCUT2D eigenvalue weighted by Crippen LogP contribution is -2.65. The standard InChI is InChI=1S/C16H30N4/c1-5-16(6-2)13-19(15(12-17-16)14(3)4)10-11-20-9-7-8-18-20/h7-9,14-15,17H,5-6,10-13H2,1-4H3. The van der Waals surface area contributed by atoms with Gasteiger partial charge < -0.3 is 5.32 Å². The molecule has 1 aliphatic heterocycles. The van der Waals surface area contributed by atoms with Gasteiger partial charge in [0.15, 0.2) is 0 Å². The average molecular weight is 278 g/mol. The Morgan fingerprint density at radius 3 is 2.60 bits per heavy atom. The van der Waals surface area contributed by atoms with E-state index in [1.807, 2.05) is 16.9 Å². The van der Waals surface area contributed by atoms with Crippen LogP contribution in [-0.2, 0) is 6.54 Å². The van der Waals surface area contributed by atoms with Crippen molar-refractivity contribution >= 4 is 0 Å². The summed E-state index contributed by atoms with van der Waals surface area (Å²) in [5.41, 5.74) is 0.301. The number of piperazine rings is 1. The number of nitrogens with one attached hydrogen (secondary N) is 1. The van der Waals surface area contributed by atoms with Crippen LogP contribution in [0, 0.1) is 5.92 Å². The highest BCUT2D eigenvalue weighted by atomic mass is 15.3. The largest absolute Gasteiger partial charge is 0.308 e. The first-order chi connectivity index (χ1) is 9.60. The van der Waals surface area contributed by atoms with Crippen LogP contribution in [0.5, 0.6) is 0 Å². The van der Waals surface area contributed by atoms with Gasteiger partial charge in [0.25, 0.3) is 0 Å². The summed E-state index contributed by atoms with van der Waals surface area (Å²) in [5, 5.41) is 8.14. The minimum atomic E-state index is 0.301. The molecule has 1 unspecified atom stereocenters. The lowest BCUT2D eigenvalue weighted by atomic mass is 9.86. The van der Waals surface area contributed by atoms with E-state index >= 15 is 0 Å². The van der Waals surface area contributed by atoms with Gasteiger partial charge in [-0.25, -0.2) is 0 Å². The number of rotatable bonds is 6. The fourth-order valence-corrected chi connectivity index (χ4v) is 3.30. The molecular weight excluding hydrogens is 248 g/mol. The molecule has 4 nitrogen and oxygen atoms in total. The van der Waals surface area contributed by atoms with Gasteiger partial charge in [-0.2, -0.15) is 5.10 Å². The zero-order valence-electron chi connectivity index (χ0n) is 13.5. The smallest absolute Gasteiger partial charge is 0.0536 e. The first kappa shape index (κ1) is 15.5. The van der Waals surface area contributed by atoms with Crippen molar-refractivity contribution in [2.45, 2.75) is 58.7 Å². The van der Waals surface area contributed by atoms with Gasteiger partial charge in [0.05, 0.1) is 6.54 Å². The van der Waals surface area contributed by atoms with Gasteiger partial charge in [-0.05, 0) is 24.8 Å². The number of hydrogen-bond donors (Lipinski definition) is 1. The molecule has 114 valence electrons. The Balaban J connectivity index is 2.02. The quantitative estimate of drug-likeness (QED) is 0.867. The van der Waals surface area contributed by atoms with Crippen LogP contribution < -0.4 is 5.32 Å². The minimum Gasteiger partial charge on any atom is -0.308 e. The van der Waals surface area contributed by atoms with Crippen LogP contribution in [0.2, 0.25) is 0 Å². The molecule has 4 heteroatoms. The molecule has 1 N–H and O–H groups in total. The molecule has 20 heavy (non-hydrogen) atoms. The maximum Gasteiger partial charge on any atom is 0.0536 e. The van der Waals surface area contributed by atoms with Gasteiger partial charge in [-0.3, -0.25) is 9.58 Å². The molecule has 0 bridgehead atoms. The Hall–Kier alpha value is -0.870. The topological polar surface area (TPSA) is 33.1 Å². The average Bonchev–Trinajstić information content (AvgIpc) is 2.97. The van der Waals surface area contributed by atoms with Crippen molar-refractivity contribution in [2.75, 3.05) is 19.6 Å². The van der Waals surface area contributed by atoms with E-state index < -0.39 is 0 Å². The Bertz CT molecular complexity index is 381. The molecule has 1 fully saturated rings. The van der Waals surface area contributed by atoms with Crippen molar-refractivity contribution in [1.82, 2.24) is 20.0 Å². The van der Waals surface area contributed by atoms with Crippen LogP contribution >= 0.6 is 0 Å². The fraction of sp³-hybridized carbons (Fsp3) is 0.812. The van der Waals surface area contributed by atoms with E-state index in [1.54, 1.807) is 0 Å². The monoisotopic (exact) mass is 278 g/mol. The normalized spacial score (nSPS) is 23.4. The molecule has 0 spiro atoms. The van der Waals surface area contributed by atoms with Gasteiger partial charge in [0, 0.05) is 43.6 Å². The van der Waals surface area contributed by atoms with Crippen LogP contribution in [0.4, 0.5) is 0 Å². The predicted octanol–water partition coefficient (Wildman–Crippen LogP) is 2.37. The summed E-state index contributed by atoms with van der Waals surface area (Å²) in [4.78, 5) is 2.68. The highest BCUT2D eigenvalue weighted by Crippen LogP contribution is 2.25. The molecule has 1 saturated heterocycles. The van der Waals surface area contributed by atoms with E-state index in [4.69, 9.17) is 0 Å². The highest BCUT2D eigenvalue weighted by molar-refractivity contribution is 4.97. The van der Waals surface area contributed by atoms with E-state index in [1.165, 1.54) is 12.8 Å². The van der Waals surface area contributed by atoms with Crippen molar-refractivity contribution in [1.29, 1.82) is 0 Å². The Labute approximate surface area is 123 Å². The summed E-state index contributed by atoms with van der Waals surface area (Å²) in [6, 6.07) is 2.64. The van der Waals surface area contributed by atoms with Gasteiger partial charge in [0.1, 0.15) is 0 Å². The molecule has 1 atom stereocenters. The molecule has 2 heterocycles. The van der Waals surface area contributed by atoms with Crippen molar-refractivity contribution in [3.63, 3.8) is 0 Å². The molecule has 0 saturated carbocycles. The number of nitrogens with zero attached hydrogens (tertiary/aromatic N) is 3. The summed E-state index contributed by atoms with van der Waals surface area (Å²) < 4.78 is 2.04. The molecule has 1 aromatic rings. The molecule has 0 aromatic carbocycles. The Morgan fingerprint density at radius 2 is 2.05 bits per heavy atom. The summed E-state index contributed by atoms with van der Waals surface area (Å²) in [5.74, 6) is 0.687. The third kappa shape index (κ3) is 3.41. The molecule has 0 amide bonds. The van der Waals surface area contributed by atoms with Gasteiger partial charge >= 0.3 is 0 Å². The van der Waals surface area contributed by atoms with E-state index in [9.17, 15) is 0 Å². The Morgan fingerprint density at radius 1 is 1.30 bits per heavy atom. The second kappa shape index (κ2) is 6.72.